The van der Waals surface area contributed by atoms with Crippen LogP contribution in [0, 0.1) is 0 Å². The molecule has 20 heavy (non-hydrogen) atoms. The Bertz CT molecular complexity index is 520. The number of fused-ring (bicyclic) bond motifs is 1. The molecule has 4 N–H and O–H groups in total. The molecule has 1 heterocycles. The lowest BCUT2D eigenvalue weighted by Gasteiger charge is -2.12. The second-order valence-electron chi connectivity index (χ2n) is 5.04. The van der Waals surface area contributed by atoms with Crippen molar-refractivity contribution in [2.24, 2.45) is 5.73 Å². The predicted molar refractivity (Wildman–Crippen MR) is 75.7 cm³/mol. The van der Waals surface area contributed by atoms with Crippen LogP contribution in [0.4, 0.5) is 5.82 Å². The maximum Gasteiger partial charge on any atom is 0.342 e. The van der Waals surface area contributed by atoms with E-state index in [1.807, 2.05) is 0 Å². The molecule has 1 atom stereocenters. The molecule has 1 unspecified atom stereocenters. The summed E-state index contributed by atoms with van der Waals surface area (Å²) in [6, 6.07) is -0.634. The Kier molecular flexibility index (Phi) is 4.44. The summed E-state index contributed by atoms with van der Waals surface area (Å²) in [6.07, 6.45) is 3.83. The van der Waals surface area contributed by atoms with Crippen molar-refractivity contribution >= 4 is 17.7 Å². The Balaban J connectivity index is 2.36. The van der Waals surface area contributed by atoms with Gasteiger partial charge in [0.1, 0.15) is 11.4 Å². The van der Waals surface area contributed by atoms with Crippen LogP contribution in [0.2, 0.25) is 0 Å². The van der Waals surface area contributed by atoms with Crippen molar-refractivity contribution in [2.75, 3.05) is 11.9 Å². The molecule has 6 heteroatoms. The standard InChI is InChI=1S/C14H21N3O3/c1-3-20-14(19)11-9-6-4-5-7-10(9)16-12(11)17-13(18)8(2)15/h8,16H,3-7,15H2,1-2H3,(H,17,18). The first-order chi connectivity index (χ1) is 9.54. The molecule has 0 aromatic carbocycles. The van der Waals surface area contributed by atoms with Crippen LogP contribution < -0.4 is 11.1 Å². The third-order valence-electron chi connectivity index (χ3n) is 3.44. The van der Waals surface area contributed by atoms with Gasteiger partial charge in [0.2, 0.25) is 5.91 Å². The number of carbonyl (C=O) groups is 2. The third-order valence-corrected chi connectivity index (χ3v) is 3.44. The minimum absolute atomic E-state index is 0.305. The van der Waals surface area contributed by atoms with Crippen LogP contribution in [0.15, 0.2) is 0 Å². The molecule has 1 aliphatic carbocycles. The Labute approximate surface area is 118 Å². The number of esters is 1. The third kappa shape index (κ3) is 2.85. The molecule has 0 bridgehead atoms. The fourth-order valence-electron chi connectivity index (χ4n) is 2.44. The van der Waals surface area contributed by atoms with Gasteiger partial charge in [0.15, 0.2) is 0 Å². The smallest absolute Gasteiger partial charge is 0.342 e. The minimum Gasteiger partial charge on any atom is -0.462 e. The maximum absolute atomic E-state index is 12.1. The van der Waals surface area contributed by atoms with Crippen molar-refractivity contribution in [1.82, 2.24) is 4.98 Å². The van der Waals surface area contributed by atoms with E-state index in [0.29, 0.717) is 18.0 Å². The molecule has 1 aromatic heterocycles. The number of nitrogens with two attached hydrogens (primary N) is 1. The first-order valence-electron chi connectivity index (χ1n) is 7.01. The summed E-state index contributed by atoms with van der Waals surface area (Å²) < 4.78 is 5.09. The molecule has 0 fully saturated rings. The van der Waals surface area contributed by atoms with Gasteiger partial charge >= 0.3 is 5.97 Å². The summed E-state index contributed by atoms with van der Waals surface area (Å²) in [5.41, 5.74) is 7.98. The zero-order valence-electron chi connectivity index (χ0n) is 11.9. The average molecular weight is 279 g/mol. The molecule has 1 amide bonds. The van der Waals surface area contributed by atoms with Gasteiger partial charge < -0.3 is 20.8 Å². The molecular formula is C14H21N3O3. The number of anilines is 1. The molecule has 0 radical (unpaired) electrons. The summed E-state index contributed by atoms with van der Waals surface area (Å²) in [5.74, 6) is -0.307. The van der Waals surface area contributed by atoms with Crippen LogP contribution >= 0.6 is 0 Å². The number of rotatable bonds is 4. The lowest BCUT2D eigenvalue weighted by molar-refractivity contribution is -0.117. The zero-order chi connectivity index (χ0) is 14.7. The van der Waals surface area contributed by atoms with Gasteiger partial charge in [-0.05, 0) is 45.1 Å². The number of nitrogens with one attached hydrogen (secondary N) is 2. The molecule has 1 aliphatic rings. The number of hydrogen-bond donors (Lipinski definition) is 3. The molecule has 6 nitrogen and oxygen atoms in total. The summed E-state index contributed by atoms with van der Waals surface area (Å²) in [7, 11) is 0. The van der Waals surface area contributed by atoms with Crippen LogP contribution in [0.1, 0.15) is 48.3 Å². The maximum atomic E-state index is 12.1. The van der Waals surface area contributed by atoms with Crippen molar-refractivity contribution in [3.8, 4) is 0 Å². The average Bonchev–Trinajstić information content (AvgIpc) is 2.76. The molecule has 0 spiro atoms. The van der Waals surface area contributed by atoms with Gasteiger partial charge in [-0.15, -0.1) is 0 Å². The van der Waals surface area contributed by atoms with E-state index in [-0.39, 0.29) is 5.91 Å². The Morgan fingerprint density at radius 1 is 1.40 bits per heavy atom. The van der Waals surface area contributed by atoms with E-state index in [4.69, 9.17) is 10.5 Å². The highest BCUT2D eigenvalue weighted by Crippen LogP contribution is 2.30. The van der Waals surface area contributed by atoms with Crippen molar-refractivity contribution < 1.29 is 14.3 Å². The van der Waals surface area contributed by atoms with E-state index in [9.17, 15) is 9.59 Å². The second kappa shape index (κ2) is 6.09. The lowest BCUT2D eigenvalue weighted by atomic mass is 9.95. The summed E-state index contributed by atoms with van der Waals surface area (Å²) in [6.45, 7) is 3.67. The summed E-state index contributed by atoms with van der Waals surface area (Å²) in [4.78, 5) is 27.0. The molecule has 1 aromatic rings. The normalized spacial score (nSPS) is 15.3. The monoisotopic (exact) mass is 279 g/mol. The van der Waals surface area contributed by atoms with Gasteiger partial charge in [-0.2, -0.15) is 0 Å². The molecule has 0 saturated carbocycles. The highest BCUT2D eigenvalue weighted by Gasteiger charge is 2.27. The molecule has 110 valence electrons. The Morgan fingerprint density at radius 2 is 2.10 bits per heavy atom. The largest absolute Gasteiger partial charge is 0.462 e. The Morgan fingerprint density at radius 3 is 2.75 bits per heavy atom. The molecular weight excluding hydrogens is 258 g/mol. The van der Waals surface area contributed by atoms with Crippen molar-refractivity contribution in [3.63, 3.8) is 0 Å². The van der Waals surface area contributed by atoms with Crippen LogP contribution in [0.25, 0.3) is 0 Å². The number of aromatic nitrogens is 1. The topological polar surface area (TPSA) is 97.2 Å². The minimum atomic E-state index is -0.634. The zero-order valence-corrected chi connectivity index (χ0v) is 11.9. The van der Waals surface area contributed by atoms with E-state index in [0.717, 1.165) is 36.9 Å². The lowest BCUT2D eigenvalue weighted by Crippen LogP contribution is -2.33. The SMILES string of the molecule is CCOC(=O)c1c(NC(=O)C(C)N)[nH]c2c1CCCC2. The van der Waals surface area contributed by atoms with Gasteiger partial charge in [0.05, 0.1) is 12.6 Å². The second-order valence-corrected chi connectivity index (χ2v) is 5.04. The highest BCUT2D eigenvalue weighted by molar-refractivity contribution is 6.03. The number of aryl methyl sites for hydroxylation is 1. The van der Waals surface area contributed by atoms with Gasteiger partial charge in [-0.25, -0.2) is 4.79 Å². The Hall–Kier alpha value is -1.82. The van der Waals surface area contributed by atoms with Gasteiger partial charge in [-0.1, -0.05) is 0 Å². The number of amides is 1. The first-order valence-corrected chi connectivity index (χ1v) is 7.01. The van der Waals surface area contributed by atoms with E-state index in [2.05, 4.69) is 10.3 Å². The van der Waals surface area contributed by atoms with Gasteiger partial charge in [-0.3, -0.25) is 4.79 Å². The predicted octanol–water partition coefficient (Wildman–Crippen LogP) is 1.36. The van der Waals surface area contributed by atoms with Crippen molar-refractivity contribution in [2.45, 2.75) is 45.6 Å². The van der Waals surface area contributed by atoms with Gasteiger partial charge in [0.25, 0.3) is 0 Å². The van der Waals surface area contributed by atoms with Crippen molar-refractivity contribution in [1.29, 1.82) is 0 Å². The van der Waals surface area contributed by atoms with Gasteiger partial charge in [0, 0.05) is 5.69 Å². The number of ether oxygens (including phenoxy) is 1. The highest BCUT2D eigenvalue weighted by atomic mass is 16.5. The number of aromatic amines is 1. The number of hydrogen-bond acceptors (Lipinski definition) is 4. The van der Waals surface area contributed by atoms with Crippen LogP contribution in [0.3, 0.4) is 0 Å². The van der Waals surface area contributed by atoms with E-state index < -0.39 is 12.0 Å². The molecule has 2 rings (SSSR count). The van der Waals surface area contributed by atoms with Crippen LogP contribution in [-0.4, -0.2) is 29.5 Å². The summed E-state index contributed by atoms with van der Waals surface area (Å²) in [5, 5.41) is 2.69. The van der Waals surface area contributed by atoms with Crippen molar-refractivity contribution in [3.05, 3.63) is 16.8 Å². The fourth-order valence-corrected chi connectivity index (χ4v) is 2.44. The number of carbonyl (C=O) groups excluding carboxylic acids is 2. The van der Waals surface area contributed by atoms with Crippen LogP contribution in [-0.2, 0) is 22.4 Å². The van der Waals surface area contributed by atoms with E-state index in [1.54, 1.807) is 13.8 Å². The molecule has 0 aliphatic heterocycles. The van der Waals surface area contributed by atoms with E-state index >= 15 is 0 Å². The van der Waals surface area contributed by atoms with Crippen LogP contribution in [0.5, 0.6) is 0 Å². The quantitative estimate of drug-likeness (QED) is 0.725. The first kappa shape index (κ1) is 14.6. The van der Waals surface area contributed by atoms with E-state index in [1.165, 1.54) is 0 Å². The number of H-pyrrole nitrogens is 1. The summed E-state index contributed by atoms with van der Waals surface area (Å²) >= 11 is 0. The molecule has 0 saturated heterocycles. The fraction of sp³-hybridized carbons (Fsp3) is 0.571.